The number of benzene rings is 1. The summed E-state index contributed by atoms with van der Waals surface area (Å²) in [5.74, 6) is 0.845. The Labute approximate surface area is 154 Å². The van der Waals surface area contributed by atoms with Crippen molar-refractivity contribution in [1.82, 2.24) is 0 Å². The molecule has 3 atom stereocenters. The lowest BCUT2D eigenvalue weighted by atomic mass is 9.49. The average Bonchev–Trinajstić information content (AvgIpc) is 2.53. The summed E-state index contributed by atoms with van der Waals surface area (Å²) in [6.45, 7) is 8.99. The van der Waals surface area contributed by atoms with Crippen LogP contribution in [0.4, 0.5) is 0 Å². The van der Waals surface area contributed by atoms with Crippen molar-refractivity contribution in [2.45, 2.75) is 71.1 Å². The second-order valence-corrected chi connectivity index (χ2v) is 9.31. The van der Waals surface area contributed by atoms with Crippen LogP contribution in [0.2, 0.25) is 0 Å². The molecule has 0 aromatic heterocycles. The molecule has 1 saturated carbocycles. The fourth-order valence-electron chi connectivity index (χ4n) is 5.43. The number of rotatable bonds is 2. The number of ether oxygens (including phenoxy) is 1. The van der Waals surface area contributed by atoms with E-state index in [0.29, 0.717) is 11.8 Å². The fourth-order valence-corrected chi connectivity index (χ4v) is 6.23. The highest BCUT2D eigenvalue weighted by Gasteiger charge is 2.55. The third-order valence-corrected chi connectivity index (χ3v) is 7.43. The molecule has 1 aromatic carbocycles. The van der Waals surface area contributed by atoms with Gasteiger partial charge in [-0.1, -0.05) is 49.2 Å². The van der Waals surface area contributed by atoms with E-state index >= 15 is 0 Å². The Morgan fingerprint density at radius 3 is 2.62 bits per heavy atom. The largest absolute Gasteiger partial charge is 0.469 e. The number of aryl methyl sites for hydroxylation is 1. The smallest absolute Gasteiger partial charge is 0.311 e. The molecular weight excluding hydrogens is 364 g/mol. The highest BCUT2D eigenvalue weighted by Crippen LogP contribution is 2.58. The number of carbonyl (C=O) groups is 1. The summed E-state index contributed by atoms with van der Waals surface area (Å²) in [5.41, 5.74) is 4.03. The lowest BCUT2D eigenvalue weighted by molar-refractivity contribution is -0.161. The number of carbonyl (C=O) groups excluding carboxylic acids is 1. The predicted octanol–water partition coefficient (Wildman–Crippen LogP) is 5.76. The Hall–Kier alpha value is -0.830. The minimum Gasteiger partial charge on any atom is -0.469 e. The van der Waals surface area contributed by atoms with E-state index < -0.39 is 0 Å². The molecule has 2 aliphatic carbocycles. The molecule has 132 valence electrons. The van der Waals surface area contributed by atoms with Crippen LogP contribution in [0.15, 0.2) is 16.6 Å². The van der Waals surface area contributed by atoms with Gasteiger partial charge in [-0.15, -0.1) is 0 Å². The molecule has 0 N–H and O–H groups in total. The molecule has 24 heavy (non-hydrogen) atoms. The highest BCUT2D eigenvalue weighted by molar-refractivity contribution is 9.10. The number of hydrogen-bond donors (Lipinski definition) is 0. The van der Waals surface area contributed by atoms with Crippen LogP contribution in [0.5, 0.6) is 0 Å². The van der Waals surface area contributed by atoms with Crippen LogP contribution >= 0.6 is 15.9 Å². The van der Waals surface area contributed by atoms with Gasteiger partial charge in [0.05, 0.1) is 12.5 Å². The summed E-state index contributed by atoms with van der Waals surface area (Å²) in [7, 11) is 1.53. The molecule has 0 spiro atoms. The van der Waals surface area contributed by atoms with E-state index in [9.17, 15) is 4.79 Å². The summed E-state index contributed by atoms with van der Waals surface area (Å²) < 4.78 is 6.41. The maximum Gasteiger partial charge on any atom is 0.311 e. The molecular formula is C21H29BrO2. The lowest BCUT2D eigenvalue weighted by Gasteiger charge is -2.54. The number of halogens is 1. The van der Waals surface area contributed by atoms with Gasteiger partial charge in [0, 0.05) is 4.47 Å². The van der Waals surface area contributed by atoms with Gasteiger partial charge in [0.15, 0.2) is 0 Å². The molecule has 0 aliphatic heterocycles. The Bertz CT molecular complexity index is 666. The van der Waals surface area contributed by atoms with Gasteiger partial charge in [-0.25, -0.2) is 0 Å². The van der Waals surface area contributed by atoms with Crippen molar-refractivity contribution in [2.75, 3.05) is 7.11 Å². The summed E-state index contributed by atoms with van der Waals surface area (Å²) >= 11 is 3.80. The molecule has 3 heteroatoms. The minimum atomic E-state index is -0.358. The molecule has 0 heterocycles. The van der Waals surface area contributed by atoms with Crippen molar-refractivity contribution in [3.63, 3.8) is 0 Å². The summed E-state index contributed by atoms with van der Waals surface area (Å²) in [4.78, 5) is 12.6. The van der Waals surface area contributed by atoms with Crippen LogP contribution < -0.4 is 0 Å². The van der Waals surface area contributed by atoms with Gasteiger partial charge in [0.2, 0.25) is 0 Å². The van der Waals surface area contributed by atoms with Gasteiger partial charge in [-0.05, 0) is 72.6 Å². The molecule has 0 amide bonds. The third-order valence-electron chi connectivity index (χ3n) is 6.74. The Kier molecular flexibility index (Phi) is 4.61. The third kappa shape index (κ3) is 2.55. The molecule has 0 saturated heterocycles. The molecule has 2 nitrogen and oxygen atoms in total. The van der Waals surface area contributed by atoms with Crippen LogP contribution in [0.25, 0.3) is 0 Å². The van der Waals surface area contributed by atoms with Gasteiger partial charge in [-0.3, -0.25) is 4.79 Å². The summed E-state index contributed by atoms with van der Waals surface area (Å²) in [5, 5.41) is 0. The van der Waals surface area contributed by atoms with E-state index in [1.807, 2.05) is 0 Å². The molecule has 0 unspecified atom stereocenters. The average molecular weight is 393 g/mol. The van der Waals surface area contributed by atoms with Gasteiger partial charge in [-0.2, -0.15) is 0 Å². The lowest BCUT2D eigenvalue weighted by Crippen LogP contribution is -2.52. The van der Waals surface area contributed by atoms with Gasteiger partial charge in [0.1, 0.15) is 0 Å². The standard InChI is InChI=1S/C21H29BrO2/c1-13(2)15-11-14-7-8-18-20(3,16(14)12-17(15)22)9-6-10-21(18,4)19(23)24-5/h11-13,18H,6-10H2,1-5H3/t18-,20+,21+/m1/s1. The predicted molar refractivity (Wildman–Crippen MR) is 101 cm³/mol. The maximum absolute atomic E-state index is 12.6. The molecule has 1 aromatic rings. The summed E-state index contributed by atoms with van der Waals surface area (Å²) in [6.07, 6.45) is 5.33. The zero-order valence-electron chi connectivity index (χ0n) is 15.5. The van der Waals surface area contributed by atoms with E-state index in [-0.39, 0.29) is 16.8 Å². The van der Waals surface area contributed by atoms with Crippen LogP contribution in [0.3, 0.4) is 0 Å². The minimum absolute atomic E-state index is 0.0280. The van der Waals surface area contributed by atoms with Crippen LogP contribution in [0.1, 0.15) is 76.0 Å². The first-order valence-electron chi connectivity index (χ1n) is 9.15. The van der Waals surface area contributed by atoms with Crippen LogP contribution in [-0.2, 0) is 21.4 Å². The van der Waals surface area contributed by atoms with Crippen molar-refractivity contribution in [3.8, 4) is 0 Å². The van der Waals surface area contributed by atoms with E-state index in [2.05, 4.69) is 55.8 Å². The first kappa shape index (κ1) is 18.0. The van der Waals surface area contributed by atoms with Crippen molar-refractivity contribution >= 4 is 21.9 Å². The second-order valence-electron chi connectivity index (χ2n) is 8.46. The van der Waals surface area contributed by atoms with Gasteiger partial charge < -0.3 is 4.74 Å². The Morgan fingerprint density at radius 1 is 1.29 bits per heavy atom. The number of esters is 1. The second kappa shape index (κ2) is 6.16. The first-order chi connectivity index (χ1) is 11.2. The molecule has 2 aliphatic rings. The topological polar surface area (TPSA) is 26.3 Å². The van der Waals surface area contributed by atoms with Gasteiger partial charge >= 0.3 is 5.97 Å². The molecule has 1 fully saturated rings. The zero-order chi connectivity index (χ0) is 17.7. The van der Waals surface area contributed by atoms with Crippen LogP contribution in [-0.4, -0.2) is 13.1 Å². The number of methoxy groups -OCH3 is 1. The number of hydrogen-bond acceptors (Lipinski definition) is 2. The first-order valence-corrected chi connectivity index (χ1v) is 9.94. The quantitative estimate of drug-likeness (QED) is 0.598. The fraction of sp³-hybridized carbons (Fsp3) is 0.667. The SMILES string of the molecule is COC(=O)[C@@]1(C)CCC[C@@]2(C)c3cc(Br)c(C(C)C)cc3CC[C@H]21. The van der Waals surface area contributed by atoms with Crippen LogP contribution in [0, 0.1) is 11.3 Å². The van der Waals surface area contributed by atoms with E-state index in [1.54, 1.807) is 0 Å². The molecule has 0 radical (unpaired) electrons. The van der Waals surface area contributed by atoms with E-state index in [4.69, 9.17) is 4.74 Å². The monoisotopic (exact) mass is 392 g/mol. The van der Waals surface area contributed by atoms with Crippen molar-refractivity contribution in [3.05, 3.63) is 33.3 Å². The van der Waals surface area contributed by atoms with Crippen molar-refractivity contribution < 1.29 is 9.53 Å². The zero-order valence-corrected chi connectivity index (χ0v) is 17.1. The Balaban J connectivity index is 2.11. The van der Waals surface area contributed by atoms with Gasteiger partial charge in [0.25, 0.3) is 0 Å². The normalized spacial score (nSPS) is 32.2. The maximum atomic E-state index is 12.6. The molecule has 0 bridgehead atoms. The number of fused-ring (bicyclic) bond motifs is 3. The summed E-state index contributed by atoms with van der Waals surface area (Å²) in [6, 6.07) is 4.75. The van der Waals surface area contributed by atoms with E-state index in [0.717, 1.165) is 32.1 Å². The highest BCUT2D eigenvalue weighted by atomic mass is 79.9. The van der Waals surface area contributed by atoms with Crippen molar-refractivity contribution in [1.29, 1.82) is 0 Å². The molecule has 3 rings (SSSR count). The Morgan fingerprint density at radius 2 is 2.00 bits per heavy atom. The van der Waals surface area contributed by atoms with E-state index in [1.165, 1.54) is 28.3 Å². The van der Waals surface area contributed by atoms with Crippen molar-refractivity contribution in [2.24, 2.45) is 11.3 Å².